The van der Waals surface area contributed by atoms with Gasteiger partial charge in [-0.25, -0.2) is 4.39 Å². The molecule has 0 aliphatic rings. The second kappa shape index (κ2) is 7.90. The van der Waals surface area contributed by atoms with E-state index in [0.717, 1.165) is 22.9 Å². The van der Waals surface area contributed by atoms with Gasteiger partial charge < -0.3 is 15.8 Å². The number of hydrogen-bond donors (Lipinski definition) is 3. The van der Waals surface area contributed by atoms with Gasteiger partial charge in [0.05, 0.1) is 11.0 Å². The molecule has 1 aromatic carbocycles. The number of nitro groups is 1. The summed E-state index contributed by atoms with van der Waals surface area (Å²) < 4.78 is 15.0. The van der Waals surface area contributed by atoms with E-state index >= 15 is 0 Å². The van der Waals surface area contributed by atoms with E-state index in [4.69, 9.17) is 15.8 Å². The third kappa shape index (κ3) is 4.31. The molecule has 0 spiro atoms. The summed E-state index contributed by atoms with van der Waals surface area (Å²) in [5.41, 5.74) is 5.54. The highest BCUT2D eigenvalue weighted by molar-refractivity contribution is 6.40. The van der Waals surface area contributed by atoms with Gasteiger partial charge in [0.2, 0.25) is 0 Å². The van der Waals surface area contributed by atoms with E-state index in [9.17, 15) is 14.5 Å². The van der Waals surface area contributed by atoms with Crippen molar-refractivity contribution in [2.45, 2.75) is 31.6 Å². The van der Waals surface area contributed by atoms with Crippen LogP contribution in [0.15, 0.2) is 18.2 Å². The number of halogens is 1. The third-order valence-electron chi connectivity index (χ3n) is 3.42. The van der Waals surface area contributed by atoms with Crippen LogP contribution in [0.3, 0.4) is 0 Å². The molecule has 24 heavy (non-hydrogen) atoms. The molecule has 0 amide bonds. The maximum atomic E-state index is 14.0. The summed E-state index contributed by atoms with van der Waals surface area (Å²) in [6.07, 6.45) is 1.78. The van der Waals surface area contributed by atoms with Crippen molar-refractivity contribution in [2.75, 3.05) is 0 Å². The van der Waals surface area contributed by atoms with Crippen molar-refractivity contribution in [1.29, 1.82) is 0 Å². The third-order valence-corrected chi connectivity index (χ3v) is 3.42. The average Bonchev–Trinajstić information content (AvgIpc) is 3.00. The molecular weight excluding hydrogens is 322 g/mol. The number of aromatic nitrogens is 4. The van der Waals surface area contributed by atoms with Gasteiger partial charge in [0, 0.05) is 12.1 Å². The number of nitro benzene ring substituents is 1. The number of non-ortho nitro benzene ring substituents is 1. The molecular formula is C12H16BFN6O4. The Kier molecular flexibility index (Phi) is 5.90. The van der Waals surface area contributed by atoms with Crippen molar-refractivity contribution >= 4 is 12.8 Å². The van der Waals surface area contributed by atoms with E-state index in [1.54, 1.807) is 0 Å². The standard InChI is InChI=1S/C12H16BFN6O4/c14-9-5-4-8(20(23)24)7-11(9)19-12(16-17-18-19)10(15)3-1-2-6-13(21)22/h4-5,7,10,21-22H,1-3,6,15H2. The molecule has 1 aromatic heterocycles. The summed E-state index contributed by atoms with van der Waals surface area (Å²) in [5, 5.41) is 39.3. The Hall–Kier alpha value is -2.44. The van der Waals surface area contributed by atoms with Crippen molar-refractivity contribution in [2.24, 2.45) is 5.73 Å². The highest BCUT2D eigenvalue weighted by atomic mass is 19.1. The van der Waals surface area contributed by atoms with Gasteiger partial charge in [-0.15, -0.1) is 5.10 Å². The minimum atomic E-state index is -1.37. The monoisotopic (exact) mass is 338 g/mol. The van der Waals surface area contributed by atoms with Gasteiger partial charge in [-0.1, -0.05) is 12.8 Å². The molecule has 2 aromatic rings. The van der Waals surface area contributed by atoms with Crippen LogP contribution in [-0.4, -0.2) is 42.3 Å². The first kappa shape index (κ1) is 17.9. The van der Waals surface area contributed by atoms with E-state index in [-0.39, 0.29) is 23.5 Å². The molecule has 128 valence electrons. The molecule has 0 radical (unpaired) electrons. The summed E-state index contributed by atoms with van der Waals surface area (Å²) in [7, 11) is -1.37. The van der Waals surface area contributed by atoms with Gasteiger partial charge in [-0.3, -0.25) is 10.1 Å². The summed E-state index contributed by atoms with van der Waals surface area (Å²) in [6, 6.07) is 2.41. The molecule has 0 saturated carbocycles. The van der Waals surface area contributed by atoms with Crippen molar-refractivity contribution in [3.8, 4) is 5.69 Å². The minimum absolute atomic E-state index is 0.162. The fourth-order valence-corrected chi connectivity index (χ4v) is 2.19. The number of rotatable bonds is 8. The zero-order chi connectivity index (χ0) is 17.7. The first-order chi connectivity index (χ1) is 11.4. The molecule has 12 heteroatoms. The van der Waals surface area contributed by atoms with E-state index < -0.39 is 23.9 Å². The first-order valence-corrected chi connectivity index (χ1v) is 7.24. The quantitative estimate of drug-likeness (QED) is 0.270. The molecule has 0 fully saturated rings. The van der Waals surface area contributed by atoms with Crippen LogP contribution >= 0.6 is 0 Å². The Balaban J connectivity index is 2.18. The molecule has 1 unspecified atom stereocenters. The van der Waals surface area contributed by atoms with Gasteiger partial charge in [0.15, 0.2) is 5.82 Å². The maximum absolute atomic E-state index is 14.0. The van der Waals surface area contributed by atoms with Crippen molar-refractivity contribution in [1.82, 2.24) is 20.2 Å². The Bertz CT molecular complexity index is 713. The highest BCUT2D eigenvalue weighted by Crippen LogP contribution is 2.23. The number of unbranched alkanes of at least 4 members (excludes halogenated alkanes) is 1. The normalized spacial score (nSPS) is 12.2. The lowest BCUT2D eigenvalue weighted by Gasteiger charge is -2.12. The zero-order valence-corrected chi connectivity index (χ0v) is 12.6. The summed E-state index contributed by atoms with van der Waals surface area (Å²) >= 11 is 0. The molecule has 0 aliphatic carbocycles. The lowest BCUT2D eigenvalue weighted by atomic mass is 9.83. The van der Waals surface area contributed by atoms with Crippen LogP contribution in [0.1, 0.15) is 31.1 Å². The molecule has 0 bridgehead atoms. The van der Waals surface area contributed by atoms with Crippen LogP contribution in [0.5, 0.6) is 0 Å². The van der Waals surface area contributed by atoms with E-state index in [0.29, 0.717) is 19.3 Å². The number of benzene rings is 1. The fraction of sp³-hybridized carbons (Fsp3) is 0.417. The molecule has 0 saturated heterocycles. The second-order valence-corrected chi connectivity index (χ2v) is 5.21. The molecule has 2 rings (SSSR count). The minimum Gasteiger partial charge on any atom is -0.427 e. The number of tetrazole rings is 1. The average molecular weight is 338 g/mol. The molecule has 10 nitrogen and oxygen atoms in total. The Morgan fingerprint density at radius 2 is 2.17 bits per heavy atom. The lowest BCUT2D eigenvalue weighted by molar-refractivity contribution is -0.384. The van der Waals surface area contributed by atoms with E-state index in [1.165, 1.54) is 0 Å². The van der Waals surface area contributed by atoms with Crippen LogP contribution in [0.25, 0.3) is 5.69 Å². The number of nitrogens with two attached hydrogens (primary N) is 1. The van der Waals surface area contributed by atoms with Crippen molar-refractivity contribution < 1.29 is 19.4 Å². The van der Waals surface area contributed by atoms with E-state index in [2.05, 4.69) is 15.5 Å². The largest absolute Gasteiger partial charge is 0.451 e. The fourth-order valence-electron chi connectivity index (χ4n) is 2.19. The van der Waals surface area contributed by atoms with E-state index in [1.807, 2.05) is 0 Å². The van der Waals surface area contributed by atoms with Crippen LogP contribution in [0, 0.1) is 15.9 Å². The smallest absolute Gasteiger partial charge is 0.427 e. The van der Waals surface area contributed by atoms with Gasteiger partial charge in [-0.2, -0.15) is 4.68 Å². The summed E-state index contributed by atoms with van der Waals surface area (Å²) in [4.78, 5) is 10.2. The van der Waals surface area contributed by atoms with Gasteiger partial charge in [-0.05, 0) is 29.2 Å². The maximum Gasteiger partial charge on any atom is 0.451 e. The van der Waals surface area contributed by atoms with Gasteiger partial charge >= 0.3 is 7.12 Å². The van der Waals surface area contributed by atoms with Crippen molar-refractivity contribution in [3.63, 3.8) is 0 Å². The number of nitrogens with zero attached hydrogens (tertiary/aromatic N) is 5. The van der Waals surface area contributed by atoms with Gasteiger partial charge in [0.25, 0.3) is 5.69 Å². The number of hydrogen-bond acceptors (Lipinski definition) is 8. The Morgan fingerprint density at radius 1 is 1.42 bits per heavy atom. The molecule has 1 atom stereocenters. The van der Waals surface area contributed by atoms with Crippen LogP contribution in [0.4, 0.5) is 10.1 Å². The first-order valence-electron chi connectivity index (χ1n) is 7.24. The van der Waals surface area contributed by atoms with Crippen LogP contribution in [0.2, 0.25) is 6.32 Å². The SMILES string of the molecule is NC(CCCCB(O)O)c1nnnn1-c1cc([N+](=O)[O-])ccc1F. The molecule has 4 N–H and O–H groups in total. The predicted molar refractivity (Wildman–Crippen MR) is 81.5 cm³/mol. The lowest BCUT2D eigenvalue weighted by Crippen LogP contribution is -2.18. The van der Waals surface area contributed by atoms with Crippen LogP contribution < -0.4 is 5.73 Å². The highest BCUT2D eigenvalue weighted by Gasteiger charge is 2.20. The summed E-state index contributed by atoms with van der Waals surface area (Å²) in [6.45, 7) is 0. The van der Waals surface area contributed by atoms with Crippen LogP contribution in [-0.2, 0) is 0 Å². The van der Waals surface area contributed by atoms with Crippen molar-refractivity contribution in [3.05, 3.63) is 40.0 Å². The topological polar surface area (TPSA) is 153 Å². The van der Waals surface area contributed by atoms with Gasteiger partial charge in [0.1, 0.15) is 11.5 Å². The Morgan fingerprint density at radius 3 is 2.83 bits per heavy atom. The molecule has 1 heterocycles. The molecule has 0 aliphatic heterocycles. The second-order valence-electron chi connectivity index (χ2n) is 5.21. The Labute approximate surface area is 136 Å². The zero-order valence-electron chi connectivity index (χ0n) is 12.6. The predicted octanol–water partition coefficient (Wildman–Crippen LogP) is 0.352. The summed E-state index contributed by atoms with van der Waals surface area (Å²) in [5.74, 6) is -0.552.